The molecule has 1 aliphatic heterocycles. The van der Waals surface area contributed by atoms with E-state index >= 15 is 0 Å². The Bertz CT molecular complexity index is 552. The quantitative estimate of drug-likeness (QED) is 0.929. The fraction of sp³-hybridized carbons (Fsp3) is 0.538. The summed E-state index contributed by atoms with van der Waals surface area (Å²) in [5.74, 6) is 0.438. The van der Waals surface area contributed by atoms with Crippen LogP contribution in [0.25, 0.3) is 0 Å². The zero-order valence-electron chi connectivity index (χ0n) is 11.0. The molecule has 1 fully saturated rings. The summed E-state index contributed by atoms with van der Waals surface area (Å²) in [5, 5.41) is 0.484. The van der Waals surface area contributed by atoms with Crippen molar-refractivity contribution in [3.63, 3.8) is 0 Å². The third-order valence-corrected chi connectivity index (χ3v) is 5.99. The van der Waals surface area contributed by atoms with Gasteiger partial charge in [0.25, 0.3) is 0 Å². The molecule has 4 nitrogen and oxygen atoms in total. The van der Waals surface area contributed by atoms with Gasteiger partial charge in [-0.15, -0.1) is 0 Å². The van der Waals surface area contributed by atoms with Crippen LogP contribution in [0.3, 0.4) is 0 Å². The number of halogens is 1. The van der Waals surface area contributed by atoms with Crippen molar-refractivity contribution in [1.82, 2.24) is 4.31 Å². The molecule has 0 aliphatic carbocycles. The summed E-state index contributed by atoms with van der Waals surface area (Å²) in [6.45, 7) is 3.56. The standard InChI is InChI=1S/C13H19ClN2O2S/c1-10-2-3-12(8-13(10)14)19(17,18)16-6-4-11(9-15)5-7-16/h2-3,8,11H,4-7,9,15H2,1H3. The number of nitrogens with two attached hydrogens (primary N) is 1. The van der Waals surface area contributed by atoms with E-state index in [4.69, 9.17) is 17.3 Å². The van der Waals surface area contributed by atoms with E-state index in [9.17, 15) is 8.42 Å². The molecule has 0 aromatic heterocycles. The number of hydrogen-bond donors (Lipinski definition) is 1. The molecule has 0 unspecified atom stereocenters. The van der Waals surface area contributed by atoms with Gasteiger partial charge >= 0.3 is 0 Å². The summed E-state index contributed by atoms with van der Waals surface area (Å²) in [7, 11) is -3.42. The molecular formula is C13H19ClN2O2S. The van der Waals surface area contributed by atoms with Gasteiger partial charge in [-0.05, 0) is 49.9 Å². The second kappa shape index (κ2) is 5.79. The van der Waals surface area contributed by atoms with Gasteiger partial charge in [-0.1, -0.05) is 17.7 Å². The molecule has 1 aromatic carbocycles. The minimum absolute atomic E-state index is 0.272. The van der Waals surface area contributed by atoms with Crippen molar-refractivity contribution in [2.45, 2.75) is 24.7 Å². The van der Waals surface area contributed by atoms with Crippen molar-refractivity contribution < 1.29 is 8.42 Å². The Morgan fingerprint density at radius 1 is 1.37 bits per heavy atom. The first-order chi connectivity index (χ1) is 8.95. The van der Waals surface area contributed by atoms with Crippen molar-refractivity contribution in [3.05, 3.63) is 28.8 Å². The predicted molar refractivity (Wildman–Crippen MR) is 76.7 cm³/mol. The second-order valence-electron chi connectivity index (χ2n) is 4.99. The molecule has 1 heterocycles. The van der Waals surface area contributed by atoms with Crippen LogP contribution >= 0.6 is 11.6 Å². The SMILES string of the molecule is Cc1ccc(S(=O)(=O)N2CCC(CN)CC2)cc1Cl. The van der Waals surface area contributed by atoms with Crippen molar-refractivity contribution in [2.24, 2.45) is 11.7 Å². The largest absolute Gasteiger partial charge is 0.330 e. The Labute approximate surface area is 119 Å². The summed E-state index contributed by atoms with van der Waals surface area (Å²) < 4.78 is 26.5. The highest BCUT2D eigenvalue weighted by Crippen LogP contribution is 2.26. The fourth-order valence-electron chi connectivity index (χ4n) is 2.27. The van der Waals surface area contributed by atoms with Crippen LogP contribution in [0.2, 0.25) is 5.02 Å². The summed E-state index contributed by atoms with van der Waals surface area (Å²) in [5.41, 5.74) is 6.50. The first-order valence-corrected chi connectivity index (χ1v) is 8.23. The van der Waals surface area contributed by atoms with E-state index in [0.717, 1.165) is 18.4 Å². The number of nitrogens with zero attached hydrogens (tertiary/aromatic N) is 1. The van der Waals surface area contributed by atoms with Crippen molar-refractivity contribution in [1.29, 1.82) is 0 Å². The minimum atomic E-state index is -3.42. The molecule has 0 bridgehead atoms. The second-order valence-corrected chi connectivity index (χ2v) is 7.34. The van der Waals surface area contributed by atoms with Crippen LogP contribution in [0.4, 0.5) is 0 Å². The maximum absolute atomic E-state index is 12.5. The van der Waals surface area contributed by atoms with Gasteiger partial charge in [-0.2, -0.15) is 4.31 Å². The molecule has 0 spiro atoms. The maximum Gasteiger partial charge on any atom is 0.243 e. The third-order valence-electron chi connectivity index (χ3n) is 3.69. The molecule has 2 N–H and O–H groups in total. The highest BCUT2D eigenvalue weighted by molar-refractivity contribution is 7.89. The smallest absolute Gasteiger partial charge is 0.243 e. The lowest BCUT2D eigenvalue weighted by Crippen LogP contribution is -2.40. The number of benzene rings is 1. The lowest BCUT2D eigenvalue weighted by molar-refractivity contribution is 0.278. The lowest BCUT2D eigenvalue weighted by atomic mass is 9.99. The third kappa shape index (κ3) is 3.11. The van der Waals surface area contributed by atoms with E-state index < -0.39 is 10.0 Å². The van der Waals surface area contributed by atoms with Crippen LogP contribution in [0, 0.1) is 12.8 Å². The number of hydrogen-bond acceptors (Lipinski definition) is 3. The number of aryl methyl sites for hydroxylation is 1. The Morgan fingerprint density at radius 3 is 2.53 bits per heavy atom. The first kappa shape index (κ1) is 14.8. The van der Waals surface area contributed by atoms with Gasteiger partial charge < -0.3 is 5.73 Å². The molecule has 1 aliphatic rings. The monoisotopic (exact) mass is 302 g/mol. The van der Waals surface area contributed by atoms with E-state index in [-0.39, 0.29) is 4.90 Å². The van der Waals surface area contributed by atoms with E-state index in [1.807, 2.05) is 6.92 Å². The van der Waals surface area contributed by atoms with Crippen molar-refractivity contribution in [3.8, 4) is 0 Å². The number of rotatable bonds is 3. The fourth-order valence-corrected chi connectivity index (χ4v) is 4.01. The van der Waals surface area contributed by atoms with Gasteiger partial charge in [0.15, 0.2) is 0 Å². The van der Waals surface area contributed by atoms with Gasteiger partial charge in [0.2, 0.25) is 10.0 Å². The highest BCUT2D eigenvalue weighted by atomic mass is 35.5. The summed E-state index contributed by atoms with van der Waals surface area (Å²) >= 11 is 6.00. The van der Waals surface area contributed by atoms with Crippen LogP contribution in [0.1, 0.15) is 18.4 Å². The number of sulfonamides is 1. The molecular weight excluding hydrogens is 284 g/mol. The van der Waals surface area contributed by atoms with Crippen LogP contribution in [-0.4, -0.2) is 32.4 Å². The molecule has 6 heteroatoms. The normalized spacial score (nSPS) is 18.7. The molecule has 1 aromatic rings. The molecule has 106 valence electrons. The van der Waals surface area contributed by atoms with Crippen LogP contribution in [-0.2, 0) is 10.0 Å². The first-order valence-electron chi connectivity index (χ1n) is 6.41. The topological polar surface area (TPSA) is 63.4 Å². The van der Waals surface area contributed by atoms with E-state index in [1.54, 1.807) is 12.1 Å². The van der Waals surface area contributed by atoms with Gasteiger partial charge in [0.05, 0.1) is 4.90 Å². The molecule has 0 saturated carbocycles. The average molecular weight is 303 g/mol. The van der Waals surface area contributed by atoms with E-state index in [1.165, 1.54) is 10.4 Å². The van der Waals surface area contributed by atoms with Gasteiger partial charge in [-0.25, -0.2) is 8.42 Å². The van der Waals surface area contributed by atoms with Crippen molar-refractivity contribution >= 4 is 21.6 Å². The lowest BCUT2D eigenvalue weighted by Gasteiger charge is -2.30. The average Bonchev–Trinajstić information content (AvgIpc) is 2.41. The van der Waals surface area contributed by atoms with Crippen molar-refractivity contribution in [2.75, 3.05) is 19.6 Å². The van der Waals surface area contributed by atoms with Gasteiger partial charge in [-0.3, -0.25) is 0 Å². The van der Waals surface area contributed by atoms with Crippen LogP contribution in [0.15, 0.2) is 23.1 Å². The van der Waals surface area contributed by atoms with Crippen LogP contribution in [0.5, 0.6) is 0 Å². The Hall–Kier alpha value is -0.620. The zero-order chi connectivity index (χ0) is 14.0. The Morgan fingerprint density at radius 2 is 2.00 bits per heavy atom. The summed E-state index contributed by atoms with van der Waals surface area (Å²) in [6.07, 6.45) is 1.66. The molecule has 2 rings (SSSR count). The summed E-state index contributed by atoms with van der Waals surface area (Å²) in [4.78, 5) is 0.272. The molecule has 1 saturated heterocycles. The van der Waals surface area contributed by atoms with Gasteiger partial charge in [0.1, 0.15) is 0 Å². The maximum atomic E-state index is 12.5. The minimum Gasteiger partial charge on any atom is -0.330 e. The summed E-state index contributed by atoms with van der Waals surface area (Å²) in [6, 6.07) is 4.88. The number of piperidine rings is 1. The Kier molecular flexibility index (Phi) is 4.50. The highest BCUT2D eigenvalue weighted by Gasteiger charge is 2.29. The zero-order valence-corrected chi connectivity index (χ0v) is 12.5. The molecule has 0 atom stereocenters. The predicted octanol–water partition coefficient (Wildman–Crippen LogP) is 2.01. The molecule has 0 amide bonds. The van der Waals surface area contributed by atoms with E-state index in [0.29, 0.717) is 30.6 Å². The molecule has 0 radical (unpaired) electrons. The van der Waals surface area contributed by atoms with Gasteiger partial charge in [0, 0.05) is 18.1 Å². The van der Waals surface area contributed by atoms with Crippen LogP contribution < -0.4 is 5.73 Å². The Balaban J connectivity index is 2.21. The molecule has 19 heavy (non-hydrogen) atoms. The van der Waals surface area contributed by atoms with E-state index in [2.05, 4.69) is 0 Å².